The Kier molecular flexibility index (Phi) is 4.03. The first-order valence-corrected chi connectivity index (χ1v) is 5.87. The van der Waals surface area contributed by atoms with Crippen LogP contribution in [0.25, 0.3) is 0 Å². The molecule has 96 valence electrons. The van der Waals surface area contributed by atoms with Crippen LogP contribution in [-0.4, -0.2) is 7.11 Å². The van der Waals surface area contributed by atoms with Gasteiger partial charge in [0, 0.05) is 11.4 Å². The van der Waals surface area contributed by atoms with E-state index in [1.165, 1.54) is 14.0 Å². The van der Waals surface area contributed by atoms with Gasteiger partial charge in [-0.15, -0.1) is 0 Å². The number of benzene rings is 1. The molecule has 1 aromatic rings. The lowest BCUT2D eigenvalue weighted by atomic mass is 9.93. The van der Waals surface area contributed by atoms with Crippen molar-refractivity contribution < 1.29 is 13.5 Å². The minimum Gasteiger partial charge on any atom is -0.496 e. The second kappa shape index (κ2) is 4.81. The topological polar surface area (TPSA) is 9.23 Å². The largest absolute Gasteiger partial charge is 0.496 e. The highest BCUT2D eigenvalue weighted by Crippen LogP contribution is 2.45. The van der Waals surface area contributed by atoms with Crippen molar-refractivity contribution in [3.63, 3.8) is 0 Å². The molecule has 1 nitrogen and oxygen atoms in total. The van der Waals surface area contributed by atoms with Gasteiger partial charge in [0.1, 0.15) is 5.75 Å². The van der Waals surface area contributed by atoms with Crippen LogP contribution in [0.1, 0.15) is 35.6 Å². The Hall–Kier alpha value is -0.830. The van der Waals surface area contributed by atoms with Gasteiger partial charge in [0.25, 0.3) is 5.92 Å². The van der Waals surface area contributed by atoms with Crippen LogP contribution in [0.5, 0.6) is 5.75 Å². The van der Waals surface area contributed by atoms with E-state index in [0.29, 0.717) is 16.1 Å². The Morgan fingerprint density at radius 3 is 2.06 bits per heavy atom. The molecule has 0 fully saturated rings. The Bertz CT molecular complexity index is 442. The zero-order valence-electron chi connectivity index (χ0n) is 10.7. The quantitative estimate of drug-likeness (QED) is 0.762. The zero-order chi connectivity index (χ0) is 13.4. The van der Waals surface area contributed by atoms with Gasteiger partial charge in [-0.25, -0.2) is 8.78 Å². The van der Waals surface area contributed by atoms with E-state index in [2.05, 4.69) is 0 Å². The molecule has 0 amide bonds. The first-order valence-electron chi connectivity index (χ1n) is 5.49. The van der Waals surface area contributed by atoms with Crippen LogP contribution in [-0.2, 0) is 5.92 Å². The van der Waals surface area contributed by atoms with E-state index in [0.717, 1.165) is 5.56 Å². The second-order valence-corrected chi connectivity index (χ2v) is 4.53. The fraction of sp³-hybridized carbons (Fsp3) is 0.538. The number of halogens is 3. The number of rotatable bonds is 3. The molecular weight excluding hydrogens is 246 g/mol. The molecule has 0 radical (unpaired) electrons. The van der Waals surface area contributed by atoms with Gasteiger partial charge in [-0.1, -0.05) is 18.5 Å². The van der Waals surface area contributed by atoms with Gasteiger partial charge in [-0.05, 0) is 37.5 Å². The van der Waals surface area contributed by atoms with Crippen LogP contribution in [0.3, 0.4) is 0 Å². The van der Waals surface area contributed by atoms with Crippen LogP contribution in [0.15, 0.2) is 0 Å². The van der Waals surface area contributed by atoms with E-state index < -0.39 is 5.92 Å². The Labute approximate surface area is 106 Å². The third kappa shape index (κ3) is 2.25. The lowest BCUT2D eigenvalue weighted by molar-refractivity contribution is -0.0111. The molecule has 1 rings (SSSR count). The Balaban J connectivity index is 3.70. The maximum Gasteiger partial charge on any atom is 0.276 e. The van der Waals surface area contributed by atoms with Crippen molar-refractivity contribution in [2.75, 3.05) is 7.11 Å². The average molecular weight is 263 g/mol. The van der Waals surface area contributed by atoms with Crippen LogP contribution in [0, 0.1) is 20.8 Å². The molecule has 0 saturated carbocycles. The number of alkyl halides is 2. The highest BCUT2D eigenvalue weighted by Gasteiger charge is 2.36. The van der Waals surface area contributed by atoms with Gasteiger partial charge in [0.05, 0.1) is 12.7 Å². The van der Waals surface area contributed by atoms with E-state index in [-0.39, 0.29) is 17.7 Å². The summed E-state index contributed by atoms with van der Waals surface area (Å²) >= 11 is 6.09. The third-order valence-corrected chi connectivity index (χ3v) is 3.74. The summed E-state index contributed by atoms with van der Waals surface area (Å²) in [4.78, 5) is 0. The first kappa shape index (κ1) is 14.2. The average Bonchev–Trinajstić information content (AvgIpc) is 2.30. The van der Waals surface area contributed by atoms with Crippen molar-refractivity contribution in [2.24, 2.45) is 0 Å². The molecule has 0 aliphatic rings. The van der Waals surface area contributed by atoms with E-state index >= 15 is 0 Å². The van der Waals surface area contributed by atoms with E-state index in [1.807, 2.05) is 0 Å². The minimum atomic E-state index is -2.92. The summed E-state index contributed by atoms with van der Waals surface area (Å²) in [7, 11) is 1.41. The van der Waals surface area contributed by atoms with Gasteiger partial charge in [-0.3, -0.25) is 0 Å². The van der Waals surface area contributed by atoms with Crippen molar-refractivity contribution >= 4 is 11.6 Å². The molecule has 0 unspecified atom stereocenters. The van der Waals surface area contributed by atoms with E-state index in [1.54, 1.807) is 20.8 Å². The molecule has 0 N–H and O–H groups in total. The van der Waals surface area contributed by atoms with Gasteiger partial charge >= 0.3 is 0 Å². The minimum absolute atomic E-state index is 0.0874. The third-order valence-electron chi connectivity index (χ3n) is 3.18. The van der Waals surface area contributed by atoms with E-state index in [9.17, 15) is 8.78 Å². The lowest BCUT2D eigenvalue weighted by Gasteiger charge is -2.24. The van der Waals surface area contributed by atoms with Crippen LogP contribution in [0.2, 0.25) is 5.02 Å². The predicted molar refractivity (Wildman–Crippen MR) is 66.4 cm³/mol. The van der Waals surface area contributed by atoms with Crippen LogP contribution < -0.4 is 4.74 Å². The number of hydrogen-bond acceptors (Lipinski definition) is 1. The monoisotopic (exact) mass is 262 g/mol. The van der Waals surface area contributed by atoms with Crippen molar-refractivity contribution in [1.29, 1.82) is 0 Å². The summed E-state index contributed by atoms with van der Waals surface area (Å²) in [6.07, 6.45) is -0.275. The van der Waals surface area contributed by atoms with Crippen molar-refractivity contribution in [2.45, 2.75) is 40.0 Å². The number of methoxy groups -OCH3 is 1. The molecule has 0 atom stereocenters. The summed E-state index contributed by atoms with van der Waals surface area (Å²) in [5, 5.41) is 0.395. The summed E-state index contributed by atoms with van der Waals surface area (Å²) < 4.78 is 33.0. The molecule has 0 spiro atoms. The zero-order valence-corrected chi connectivity index (χ0v) is 11.5. The normalized spacial score (nSPS) is 11.8. The van der Waals surface area contributed by atoms with Gasteiger partial charge in [0.15, 0.2) is 0 Å². The molecule has 0 saturated heterocycles. The summed E-state index contributed by atoms with van der Waals surface area (Å²) in [6.45, 7) is 6.61. The lowest BCUT2D eigenvalue weighted by Crippen LogP contribution is -2.17. The molecule has 0 heterocycles. The maximum absolute atomic E-state index is 13.9. The Morgan fingerprint density at radius 2 is 1.65 bits per heavy atom. The number of hydrogen-bond donors (Lipinski definition) is 0. The molecule has 0 aliphatic heterocycles. The first-order chi connectivity index (χ1) is 7.77. The fourth-order valence-electron chi connectivity index (χ4n) is 1.96. The summed E-state index contributed by atoms with van der Waals surface area (Å²) in [5.74, 6) is -2.67. The van der Waals surface area contributed by atoms with Crippen molar-refractivity contribution in [1.82, 2.24) is 0 Å². The smallest absolute Gasteiger partial charge is 0.276 e. The molecule has 1 aromatic carbocycles. The Morgan fingerprint density at radius 1 is 1.12 bits per heavy atom. The highest BCUT2D eigenvalue weighted by atomic mass is 35.5. The second-order valence-electron chi connectivity index (χ2n) is 4.16. The number of ether oxygens (including phenoxy) is 1. The standard InChI is InChI=1S/C13H17ClF2O/c1-6-13(15,16)10-9(4)11(14)7(2)8(3)12(10)17-5/h6H2,1-5H3. The fourth-order valence-corrected chi connectivity index (χ4v) is 2.19. The van der Waals surface area contributed by atoms with Crippen LogP contribution >= 0.6 is 11.6 Å². The predicted octanol–water partition coefficient (Wildman–Crippen LogP) is 4.78. The van der Waals surface area contributed by atoms with Crippen LogP contribution in [0.4, 0.5) is 8.78 Å². The van der Waals surface area contributed by atoms with Gasteiger partial charge in [-0.2, -0.15) is 0 Å². The molecule has 0 aromatic heterocycles. The van der Waals surface area contributed by atoms with Crippen molar-refractivity contribution in [3.05, 3.63) is 27.3 Å². The molecule has 0 bridgehead atoms. The molecule has 4 heteroatoms. The molecule has 0 aliphatic carbocycles. The van der Waals surface area contributed by atoms with Crippen molar-refractivity contribution in [3.8, 4) is 5.75 Å². The highest BCUT2D eigenvalue weighted by molar-refractivity contribution is 6.32. The van der Waals surface area contributed by atoms with Gasteiger partial charge < -0.3 is 4.74 Å². The molecule has 17 heavy (non-hydrogen) atoms. The SMILES string of the molecule is CCC(F)(F)c1c(C)c(Cl)c(C)c(C)c1OC. The summed E-state index contributed by atoms with van der Waals surface area (Å²) in [6, 6.07) is 0. The maximum atomic E-state index is 13.9. The van der Waals surface area contributed by atoms with E-state index in [4.69, 9.17) is 16.3 Å². The molecular formula is C13H17ClF2O. The summed E-state index contributed by atoms with van der Waals surface area (Å²) in [5.41, 5.74) is 1.77. The van der Waals surface area contributed by atoms with Gasteiger partial charge in [0.2, 0.25) is 0 Å².